The van der Waals surface area contributed by atoms with Crippen LogP contribution in [-0.2, 0) is 16.1 Å². The molecular formula is C21H30FN3O3. The molecule has 28 heavy (non-hydrogen) atoms. The quantitative estimate of drug-likeness (QED) is 0.795. The van der Waals surface area contributed by atoms with Gasteiger partial charge in [0.1, 0.15) is 11.4 Å². The maximum absolute atomic E-state index is 13.1. The van der Waals surface area contributed by atoms with Crippen LogP contribution in [0.25, 0.3) is 0 Å². The van der Waals surface area contributed by atoms with E-state index < -0.39 is 5.60 Å². The van der Waals surface area contributed by atoms with Crippen LogP contribution in [0.1, 0.15) is 39.7 Å². The molecule has 2 amide bonds. The van der Waals surface area contributed by atoms with E-state index in [4.69, 9.17) is 4.74 Å². The number of rotatable bonds is 3. The van der Waals surface area contributed by atoms with Crippen LogP contribution < -0.4 is 0 Å². The molecule has 154 valence electrons. The van der Waals surface area contributed by atoms with E-state index in [9.17, 15) is 14.0 Å². The average Bonchev–Trinajstić information content (AvgIpc) is 2.61. The molecule has 3 rings (SSSR count). The van der Waals surface area contributed by atoms with E-state index in [2.05, 4.69) is 11.8 Å². The summed E-state index contributed by atoms with van der Waals surface area (Å²) in [7, 11) is 0. The van der Waals surface area contributed by atoms with E-state index >= 15 is 0 Å². The van der Waals surface area contributed by atoms with Gasteiger partial charge in [-0.05, 0) is 44.9 Å². The van der Waals surface area contributed by atoms with Gasteiger partial charge in [0.15, 0.2) is 0 Å². The summed E-state index contributed by atoms with van der Waals surface area (Å²) in [6, 6.07) is 6.35. The highest BCUT2D eigenvalue weighted by Crippen LogP contribution is 2.24. The highest BCUT2D eigenvalue weighted by molar-refractivity contribution is 5.79. The van der Waals surface area contributed by atoms with Gasteiger partial charge in [0.05, 0.1) is 6.54 Å². The molecule has 2 aliphatic heterocycles. The van der Waals surface area contributed by atoms with E-state index in [-0.39, 0.29) is 29.9 Å². The second kappa shape index (κ2) is 8.07. The van der Waals surface area contributed by atoms with Gasteiger partial charge in [0.25, 0.3) is 0 Å². The van der Waals surface area contributed by atoms with Crippen LogP contribution in [0, 0.1) is 5.82 Å². The molecule has 0 radical (unpaired) electrons. The predicted octanol–water partition coefficient (Wildman–Crippen LogP) is 2.87. The van der Waals surface area contributed by atoms with Crippen LogP contribution in [0.2, 0.25) is 0 Å². The highest BCUT2D eigenvalue weighted by atomic mass is 19.1. The number of halogens is 1. The molecular weight excluding hydrogens is 361 g/mol. The maximum atomic E-state index is 13.1. The number of benzene rings is 1. The monoisotopic (exact) mass is 391 g/mol. The third kappa shape index (κ3) is 4.82. The van der Waals surface area contributed by atoms with Crippen molar-refractivity contribution in [2.24, 2.45) is 0 Å². The largest absolute Gasteiger partial charge is 0.444 e. The minimum atomic E-state index is -0.538. The summed E-state index contributed by atoms with van der Waals surface area (Å²) in [6.45, 7) is 10.2. The van der Waals surface area contributed by atoms with Gasteiger partial charge in [-0.1, -0.05) is 19.1 Å². The van der Waals surface area contributed by atoms with E-state index in [1.165, 1.54) is 12.1 Å². The van der Waals surface area contributed by atoms with Crippen molar-refractivity contribution in [3.05, 3.63) is 35.6 Å². The lowest BCUT2D eigenvalue weighted by Crippen LogP contribution is -2.67. The average molecular weight is 391 g/mol. The Morgan fingerprint density at radius 2 is 1.86 bits per heavy atom. The summed E-state index contributed by atoms with van der Waals surface area (Å²) in [5.41, 5.74) is 0.360. The molecule has 1 aromatic rings. The third-order valence-electron chi connectivity index (χ3n) is 5.32. The van der Waals surface area contributed by atoms with Crippen LogP contribution in [0.4, 0.5) is 9.18 Å². The van der Waals surface area contributed by atoms with Crippen molar-refractivity contribution in [3.63, 3.8) is 0 Å². The fraction of sp³-hybridized carbons (Fsp3) is 0.619. The van der Waals surface area contributed by atoms with Gasteiger partial charge >= 0.3 is 6.09 Å². The Labute approximate surface area is 166 Å². The number of piperazine rings is 2. The van der Waals surface area contributed by atoms with Crippen LogP contribution in [0.15, 0.2) is 24.3 Å². The molecule has 0 bridgehead atoms. The van der Waals surface area contributed by atoms with Gasteiger partial charge in [-0.2, -0.15) is 0 Å². The first-order valence-electron chi connectivity index (χ1n) is 9.92. The van der Waals surface area contributed by atoms with Crippen LogP contribution in [-0.4, -0.2) is 70.6 Å². The summed E-state index contributed by atoms with van der Waals surface area (Å²) in [4.78, 5) is 31.1. The lowest BCUT2D eigenvalue weighted by atomic mass is 10.0. The minimum absolute atomic E-state index is 0.0440. The molecule has 2 saturated heterocycles. The Morgan fingerprint density at radius 1 is 1.18 bits per heavy atom. The molecule has 0 spiro atoms. The molecule has 2 aliphatic rings. The number of ether oxygens (including phenoxy) is 1. The minimum Gasteiger partial charge on any atom is -0.444 e. The van der Waals surface area contributed by atoms with Crippen LogP contribution in [0.3, 0.4) is 0 Å². The van der Waals surface area contributed by atoms with Crippen LogP contribution in [0.5, 0.6) is 0 Å². The van der Waals surface area contributed by atoms with E-state index in [0.29, 0.717) is 32.7 Å². The molecule has 6 nitrogen and oxygen atoms in total. The molecule has 0 saturated carbocycles. The number of hydrogen-bond acceptors (Lipinski definition) is 4. The summed E-state index contributed by atoms with van der Waals surface area (Å²) in [5, 5.41) is 0. The molecule has 0 unspecified atom stereocenters. The fourth-order valence-corrected chi connectivity index (χ4v) is 3.86. The number of hydrogen-bond donors (Lipinski definition) is 0. The van der Waals surface area contributed by atoms with Gasteiger partial charge in [-0.25, -0.2) is 9.18 Å². The van der Waals surface area contributed by atoms with E-state index in [1.54, 1.807) is 17.0 Å². The van der Waals surface area contributed by atoms with Gasteiger partial charge in [0, 0.05) is 38.3 Å². The van der Waals surface area contributed by atoms with Crippen molar-refractivity contribution in [1.29, 1.82) is 0 Å². The second-order valence-corrected chi connectivity index (χ2v) is 8.68. The van der Waals surface area contributed by atoms with Crippen molar-refractivity contribution < 1.29 is 18.7 Å². The smallest absolute Gasteiger partial charge is 0.410 e. The summed E-state index contributed by atoms with van der Waals surface area (Å²) < 4.78 is 18.7. The maximum Gasteiger partial charge on any atom is 0.410 e. The lowest BCUT2D eigenvalue weighted by molar-refractivity contribution is -0.142. The van der Waals surface area contributed by atoms with Crippen molar-refractivity contribution in [2.45, 2.75) is 58.3 Å². The normalized spacial score (nSPS) is 23.5. The zero-order chi connectivity index (χ0) is 20.5. The van der Waals surface area contributed by atoms with Crippen LogP contribution >= 0.6 is 0 Å². The second-order valence-electron chi connectivity index (χ2n) is 8.68. The third-order valence-corrected chi connectivity index (χ3v) is 5.32. The first kappa shape index (κ1) is 20.6. The molecule has 2 atom stereocenters. The van der Waals surface area contributed by atoms with Gasteiger partial charge in [-0.3, -0.25) is 9.69 Å². The molecule has 2 heterocycles. The van der Waals surface area contributed by atoms with Crippen molar-refractivity contribution in [1.82, 2.24) is 14.7 Å². The number of nitrogens with zero attached hydrogens (tertiary/aromatic N) is 3. The lowest BCUT2D eigenvalue weighted by Gasteiger charge is -2.50. The number of carbonyl (C=O) groups excluding carboxylic acids is 2. The van der Waals surface area contributed by atoms with Crippen molar-refractivity contribution >= 4 is 12.0 Å². The van der Waals surface area contributed by atoms with Gasteiger partial charge < -0.3 is 14.5 Å². The number of fused-ring (bicyclic) bond motifs is 1. The van der Waals surface area contributed by atoms with Gasteiger partial charge in [0.2, 0.25) is 5.91 Å². The Morgan fingerprint density at radius 3 is 2.46 bits per heavy atom. The molecule has 2 fully saturated rings. The summed E-state index contributed by atoms with van der Waals surface area (Å²) in [5.74, 6) is -0.216. The molecule has 0 aliphatic carbocycles. The first-order valence-corrected chi connectivity index (χ1v) is 9.92. The van der Waals surface area contributed by atoms with Gasteiger partial charge in [-0.15, -0.1) is 0 Å². The zero-order valence-electron chi connectivity index (χ0n) is 17.2. The topological polar surface area (TPSA) is 53.1 Å². The molecule has 7 heteroatoms. The molecule has 0 N–H and O–H groups in total. The highest BCUT2D eigenvalue weighted by Gasteiger charge is 2.41. The Bertz CT molecular complexity index is 717. The number of carbonyl (C=O) groups is 2. The number of amides is 2. The summed E-state index contributed by atoms with van der Waals surface area (Å²) >= 11 is 0. The molecule has 1 aromatic carbocycles. The fourth-order valence-electron chi connectivity index (χ4n) is 3.86. The predicted molar refractivity (Wildman–Crippen MR) is 104 cm³/mol. The molecule has 0 aromatic heterocycles. The van der Waals surface area contributed by atoms with Crippen molar-refractivity contribution in [2.75, 3.05) is 26.2 Å². The Balaban J connectivity index is 1.69. The van der Waals surface area contributed by atoms with Crippen molar-refractivity contribution in [3.8, 4) is 0 Å². The SMILES string of the molecule is CC[C@H]1CN2CC(=O)N(Cc3ccc(F)cc3)C[C@H]2CN1C(=O)OC(C)(C)C. The standard InChI is InChI=1S/C21H30FN3O3/c1-5-17-11-23-14-19(26)24(10-15-6-8-16(22)9-7-15)12-18(23)13-25(17)20(27)28-21(2,3)4/h6-9,17-18H,5,10-14H2,1-4H3/t17-,18-/m0/s1. The first-order chi connectivity index (χ1) is 13.2. The zero-order valence-corrected chi connectivity index (χ0v) is 17.2. The Hall–Kier alpha value is -2.15. The van der Waals surface area contributed by atoms with E-state index in [1.807, 2.05) is 25.7 Å². The summed E-state index contributed by atoms with van der Waals surface area (Å²) in [6.07, 6.45) is 0.525. The Kier molecular flexibility index (Phi) is 5.93. The van der Waals surface area contributed by atoms with E-state index in [0.717, 1.165) is 12.0 Å².